The lowest BCUT2D eigenvalue weighted by molar-refractivity contribution is 0.0693. The Morgan fingerprint density at radius 1 is 1.46 bits per heavy atom. The summed E-state index contributed by atoms with van der Waals surface area (Å²) in [5.41, 5.74) is 0.372. The largest absolute Gasteiger partial charge is 0.507 e. The Kier molecular flexibility index (Phi) is 2.32. The minimum Gasteiger partial charge on any atom is -0.507 e. The van der Waals surface area contributed by atoms with Gasteiger partial charge in [-0.3, -0.25) is 4.79 Å². The van der Waals surface area contributed by atoms with Crippen molar-refractivity contribution in [1.82, 2.24) is 0 Å². The van der Waals surface area contributed by atoms with E-state index in [1.807, 2.05) is 0 Å². The number of phenols is 1. The van der Waals surface area contributed by atoms with Crippen LogP contribution in [0.4, 0.5) is 0 Å². The SMILES string of the molecule is Cc1cc(C=O)cc(C(=O)O)c1O. The molecule has 0 fully saturated rings. The molecule has 0 aliphatic rings. The molecule has 13 heavy (non-hydrogen) atoms. The van der Waals surface area contributed by atoms with Crippen molar-refractivity contribution in [1.29, 1.82) is 0 Å². The average Bonchev–Trinajstić information content (AvgIpc) is 2.09. The zero-order chi connectivity index (χ0) is 10.0. The molecule has 0 aliphatic heterocycles. The minimum atomic E-state index is -1.25. The molecular weight excluding hydrogens is 172 g/mol. The Hall–Kier alpha value is -1.84. The zero-order valence-electron chi connectivity index (χ0n) is 6.94. The standard InChI is InChI=1S/C9H8O4/c1-5-2-6(4-10)3-7(8(5)11)9(12)13/h2-4,11H,1H3,(H,12,13). The Morgan fingerprint density at radius 3 is 2.54 bits per heavy atom. The summed E-state index contributed by atoms with van der Waals surface area (Å²) >= 11 is 0. The highest BCUT2D eigenvalue weighted by atomic mass is 16.4. The fourth-order valence-corrected chi connectivity index (χ4v) is 1.04. The van der Waals surface area contributed by atoms with Crippen LogP contribution in [0.3, 0.4) is 0 Å². The van der Waals surface area contributed by atoms with E-state index >= 15 is 0 Å². The highest BCUT2D eigenvalue weighted by Crippen LogP contribution is 2.23. The molecule has 0 aromatic heterocycles. The molecule has 4 nitrogen and oxygen atoms in total. The van der Waals surface area contributed by atoms with E-state index in [4.69, 9.17) is 5.11 Å². The molecule has 0 aliphatic carbocycles. The summed E-state index contributed by atoms with van der Waals surface area (Å²) in [5, 5.41) is 17.9. The number of hydrogen-bond acceptors (Lipinski definition) is 3. The molecule has 0 amide bonds. The first-order chi connectivity index (χ1) is 6.06. The van der Waals surface area contributed by atoms with Crippen molar-refractivity contribution in [3.63, 3.8) is 0 Å². The van der Waals surface area contributed by atoms with Crippen molar-refractivity contribution in [3.05, 3.63) is 28.8 Å². The van der Waals surface area contributed by atoms with E-state index in [1.54, 1.807) is 0 Å². The molecule has 0 saturated carbocycles. The van der Waals surface area contributed by atoms with Crippen LogP contribution in [0.15, 0.2) is 12.1 Å². The first-order valence-electron chi connectivity index (χ1n) is 3.58. The number of benzene rings is 1. The maximum atomic E-state index is 10.6. The van der Waals surface area contributed by atoms with Crippen LogP contribution >= 0.6 is 0 Å². The van der Waals surface area contributed by atoms with Crippen LogP contribution in [0, 0.1) is 6.92 Å². The highest BCUT2D eigenvalue weighted by molar-refractivity contribution is 5.93. The number of hydrogen-bond donors (Lipinski definition) is 2. The summed E-state index contributed by atoms with van der Waals surface area (Å²) in [7, 11) is 0. The van der Waals surface area contributed by atoms with Crippen LogP contribution in [-0.4, -0.2) is 22.5 Å². The summed E-state index contributed by atoms with van der Waals surface area (Å²) in [6.45, 7) is 1.54. The topological polar surface area (TPSA) is 74.6 Å². The number of carbonyl (C=O) groups is 2. The fourth-order valence-electron chi connectivity index (χ4n) is 1.04. The van der Waals surface area contributed by atoms with Crippen molar-refractivity contribution in [2.45, 2.75) is 6.92 Å². The summed E-state index contributed by atoms with van der Waals surface area (Å²) in [5.74, 6) is -1.54. The molecule has 0 radical (unpaired) electrons. The lowest BCUT2D eigenvalue weighted by Gasteiger charge is -2.03. The molecular formula is C9H8O4. The molecule has 0 spiro atoms. The molecule has 0 heterocycles. The predicted octanol–water partition coefficient (Wildman–Crippen LogP) is 1.21. The third kappa shape index (κ3) is 1.66. The van der Waals surface area contributed by atoms with Crippen LogP contribution < -0.4 is 0 Å². The number of carboxylic acid groups (broad SMARTS) is 1. The number of carboxylic acids is 1. The van der Waals surface area contributed by atoms with Gasteiger partial charge < -0.3 is 10.2 Å². The van der Waals surface area contributed by atoms with Gasteiger partial charge in [-0.05, 0) is 24.6 Å². The van der Waals surface area contributed by atoms with E-state index in [0.717, 1.165) is 6.07 Å². The van der Waals surface area contributed by atoms with Gasteiger partial charge in [0.2, 0.25) is 0 Å². The number of aromatic hydroxyl groups is 1. The van der Waals surface area contributed by atoms with Crippen molar-refractivity contribution in [3.8, 4) is 5.75 Å². The van der Waals surface area contributed by atoms with E-state index in [2.05, 4.69) is 0 Å². The second kappa shape index (κ2) is 3.26. The molecule has 0 atom stereocenters. The van der Waals surface area contributed by atoms with Crippen LogP contribution in [-0.2, 0) is 0 Å². The number of aromatic carboxylic acids is 1. The maximum absolute atomic E-state index is 10.6. The minimum absolute atomic E-state index is 0.243. The van der Waals surface area contributed by atoms with E-state index in [1.165, 1.54) is 13.0 Å². The Balaban J connectivity index is 3.41. The monoisotopic (exact) mass is 180 g/mol. The van der Waals surface area contributed by atoms with Gasteiger partial charge in [0, 0.05) is 5.56 Å². The normalized spacial score (nSPS) is 9.62. The summed E-state index contributed by atoms with van der Waals surface area (Å²) in [6.07, 6.45) is 0.541. The van der Waals surface area contributed by atoms with E-state index in [-0.39, 0.29) is 16.9 Å². The average molecular weight is 180 g/mol. The number of aldehydes is 1. The molecule has 1 aromatic carbocycles. The Labute approximate surface area is 74.4 Å². The third-order valence-corrected chi connectivity index (χ3v) is 1.69. The van der Waals surface area contributed by atoms with Crippen molar-refractivity contribution >= 4 is 12.3 Å². The summed E-state index contributed by atoms with van der Waals surface area (Å²) in [6, 6.07) is 2.56. The molecule has 68 valence electrons. The van der Waals surface area contributed by atoms with Gasteiger partial charge in [0.05, 0.1) is 0 Å². The summed E-state index contributed by atoms with van der Waals surface area (Å²) in [4.78, 5) is 20.9. The molecule has 1 aromatic rings. The van der Waals surface area contributed by atoms with Gasteiger partial charge in [0.15, 0.2) is 0 Å². The van der Waals surface area contributed by atoms with E-state index in [9.17, 15) is 14.7 Å². The zero-order valence-corrected chi connectivity index (χ0v) is 6.94. The first-order valence-corrected chi connectivity index (χ1v) is 3.58. The van der Waals surface area contributed by atoms with Crippen molar-refractivity contribution < 1.29 is 19.8 Å². The predicted molar refractivity (Wildman–Crippen MR) is 45.2 cm³/mol. The lowest BCUT2D eigenvalue weighted by atomic mass is 10.1. The highest BCUT2D eigenvalue weighted by Gasteiger charge is 2.12. The summed E-state index contributed by atoms with van der Waals surface area (Å²) < 4.78 is 0. The van der Waals surface area contributed by atoms with Crippen LogP contribution in [0.25, 0.3) is 0 Å². The van der Waals surface area contributed by atoms with Crippen LogP contribution in [0.2, 0.25) is 0 Å². The smallest absolute Gasteiger partial charge is 0.339 e. The second-order valence-corrected chi connectivity index (χ2v) is 2.66. The van der Waals surface area contributed by atoms with E-state index < -0.39 is 5.97 Å². The van der Waals surface area contributed by atoms with Gasteiger partial charge >= 0.3 is 5.97 Å². The van der Waals surface area contributed by atoms with Gasteiger partial charge in [-0.25, -0.2) is 4.79 Å². The Bertz CT molecular complexity index is 368. The second-order valence-electron chi connectivity index (χ2n) is 2.66. The van der Waals surface area contributed by atoms with Gasteiger partial charge in [-0.2, -0.15) is 0 Å². The first kappa shape index (κ1) is 9.25. The molecule has 0 saturated heterocycles. The molecule has 0 bridgehead atoms. The lowest BCUT2D eigenvalue weighted by Crippen LogP contribution is -1.99. The third-order valence-electron chi connectivity index (χ3n) is 1.69. The molecule has 4 heteroatoms. The maximum Gasteiger partial charge on any atom is 0.339 e. The van der Waals surface area contributed by atoms with Gasteiger partial charge in [-0.1, -0.05) is 0 Å². The molecule has 0 unspecified atom stereocenters. The Morgan fingerprint density at radius 2 is 2.08 bits per heavy atom. The number of carbonyl (C=O) groups excluding carboxylic acids is 1. The van der Waals surface area contributed by atoms with Crippen molar-refractivity contribution in [2.24, 2.45) is 0 Å². The van der Waals surface area contributed by atoms with Gasteiger partial charge in [0.25, 0.3) is 0 Å². The van der Waals surface area contributed by atoms with E-state index in [0.29, 0.717) is 11.8 Å². The quantitative estimate of drug-likeness (QED) is 0.671. The van der Waals surface area contributed by atoms with Crippen LogP contribution in [0.5, 0.6) is 5.75 Å². The fraction of sp³-hybridized carbons (Fsp3) is 0.111. The molecule has 2 N–H and O–H groups in total. The number of rotatable bonds is 2. The number of aryl methyl sites for hydroxylation is 1. The molecule has 1 rings (SSSR count). The van der Waals surface area contributed by atoms with Crippen molar-refractivity contribution in [2.75, 3.05) is 0 Å². The van der Waals surface area contributed by atoms with Gasteiger partial charge in [0.1, 0.15) is 17.6 Å². The van der Waals surface area contributed by atoms with Gasteiger partial charge in [-0.15, -0.1) is 0 Å². The van der Waals surface area contributed by atoms with Crippen LogP contribution in [0.1, 0.15) is 26.3 Å².